The third-order valence-corrected chi connectivity index (χ3v) is 4.69. The number of ether oxygens (including phenoxy) is 1. The fourth-order valence-corrected chi connectivity index (χ4v) is 3.37. The molecule has 1 aromatic carbocycles. The largest absolute Gasteiger partial charge is 0.464 e. The van der Waals surface area contributed by atoms with E-state index in [1.165, 1.54) is 0 Å². The second kappa shape index (κ2) is 7.50. The normalized spacial score (nSPS) is 14.3. The number of benzene rings is 1. The van der Waals surface area contributed by atoms with Crippen LogP contribution in [0.3, 0.4) is 0 Å². The topological polar surface area (TPSA) is 73.2 Å². The predicted molar refractivity (Wildman–Crippen MR) is 100 cm³/mol. The lowest BCUT2D eigenvalue weighted by molar-refractivity contribution is -0.149. The minimum Gasteiger partial charge on any atom is -0.464 e. The maximum Gasteiger partial charge on any atom is 0.331 e. The SMILES string of the molecule is CCOC(=O)C(C(C)C)n1cc2c(n1)CC(=O)Nc1cc(CCl)ccc1-2. The van der Waals surface area contributed by atoms with Crippen LogP contribution in [-0.4, -0.2) is 28.3 Å². The van der Waals surface area contributed by atoms with Crippen molar-refractivity contribution in [1.82, 2.24) is 9.78 Å². The number of fused-ring (bicyclic) bond motifs is 3. The molecule has 1 aromatic heterocycles. The van der Waals surface area contributed by atoms with E-state index < -0.39 is 6.04 Å². The number of nitrogens with one attached hydrogen (secondary N) is 1. The van der Waals surface area contributed by atoms with Gasteiger partial charge in [-0.3, -0.25) is 9.48 Å². The van der Waals surface area contributed by atoms with E-state index in [2.05, 4.69) is 10.4 Å². The van der Waals surface area contributed by atoms with Gasteiger partial charge < -0.3 is 10.1 Å². The molecule has 1 aliphatic rings. The Hall–Kier alpha value is -2.34. The molecule has 0 aliphatic carbocycles. The van der Waals surface area contributed by atoms with E-state index in [1.54, 1.807) is 11.6 Å². The van der Waals surface area contributed by atoms with Crippen molar-refractivity contribution in [1.29, 1.82) is 0 Å². The van der Waals surface area contributed by atoms with Crippen molar-refractivity contribution in [3.05, 3.63) is 35.7 Å². The molecule has 2 aromatic rings. The first kappa shape index (κ1) is 18.5. The highest BCUT2D eigenvalue weighted by Crippen LogP contribution is 2.35. The monoisotopic (exact) mass is 375 g/mol. The fourth-order valence-electron chi connectivity index (χ4n) is 3.20. The van der Waals surface area contributed by atoms with E-state index in [0.29, 0.717) is 23.9 Å². The van der Waals surface area contributed by atoms with Gasteiger partial charge in [0.25, 0.3) is 0 Å². The minimum absolute atomic E-state index is 0.00418. The zero-order valence-electron chi connectivity index (χ0n) is 15.1. The van der Waals surface area contributed by atoms with Crippen LogP contribution in [0.1, 0.15) is 38.1 Å². The molecule has 3 rings (SSSR count). The Morgan fingerprint density at radius 2 is 2.15 bits per heavy atom. The number of halogens is 1. The van der Waals surface area contributed by atoms with Crippen molar-refractivity contribution in [2.45, 2.75) is 39.1 Å². The molecule has 2 heterocycles. The molecule has 0 bridgehead atoms. The predicted octanol–water partition coefficient (Wildman–Crippen LogP) is 3.54. The van der Waals surface area contributed by atoms with E-state index >= 15 is 0 Å². The summed E-state index contributed by atoms with van der Waals surface area (Å²) in [5, 5.41) is 7.46. The summed E-state index contributed by atoms with van der Waals surface area (Å²) < 4.78 is 6.83. The molecule has 1 amide bonds. The first-order valence-electron chi connectivity index (χ1n) is 8.68. The molecule has 7 heteroatoms. The number of hydrogen-bond donors (Lipinski definition) is 1. The Morgan fingerprint density at radius 1 is 1.38 bits per heavy atom. The lowest BCUT2D eigenvalue weighted by atomic mass is 10.0. The minimum atomic E-state index is -0.532. The highest BCUT2D eigenvalue weighted by molar-refractivity contribution is 6.17. The molecule has 1 N–H and O–H groups in total. The molecule has 26 heavy (non-hydrogen) atoms. The van der Waals surface area contributed by atoms with Crippen LogP contribution in [0.4, 0.5) is 5.69 Å². The zero-order chi connectivity index (χ0) is 18.8. The number of carbonyl (C=O) groups excluding carboxylic acids is 2. The summed E-state index contributed by atoms with van der Waals surface area (Å²) >= 11 is 5.91. The number of anilines is 1. The van der Waals surface area contributed by atoms with Gasteiger partial charge in [-0.2, -0.15) is 5.10 Å². The summed E-state index contributed by atoms with van der Waals surface area (Å²) in [5.41, 5.74) is 4.00. The van der Waals surface area contributed by atoms with Crippen molar-refractivity contribution in [2.24, 2.45) is 5.92 Å². The molecule has 1 atom stereocenters. The molecule has 0 spiro atoms. The molecule has 0 radical (unpaired) electrons. The first-order valence-corrected chi connectivity index (χ1v) is 9.21. The van der Waals surface area contributed by atoms with Crippen LogP contribution >= 0.6 is 11.6 Å². The maximum absolute atomic E-state index is 12.4. The lowest BCUT2D eigenvalue weighted by Gasteiger charge is -2.19. The highest BCUT2D eigenvalue weighted by atomic mass is 35.5. The summed E-state index contributed by atoms with van der Waals surface area (Å²) in [6.07, 6.45) is 1.98. The molecular weight excluding hydrogens is 354 g/mol. The van der Waals surface area contributed by atoms with Crippen molar-refractivity contribution in [3.63, 3.8) is 0 Å². The van der Waals surface area contributed by atoms with Crippen molar-refractivity contribution in [2.75, 3.05) is 11.9 Å². The Bertz CT molecular complexity index is 845. The van der Waals surface area contributed by atoms with Gasteiger partial charge in [0.05, 0.1) is 18.7 Å². The van der Waals surface area contributed by atoms with Crippen LogP contribution in [0.2, 0.25) is 0 Å². The van der Waals surface area contributed by atoms with E-state index in [0.717, 1.165) is 16.7 Å². The fraction of sp³-hybridized carbons (Fsp3) is 0.421. The van der Waals surface area contributed by atoms with Gasteiger partial charge >= 0.3 is 5.97 Å². The number of rotatable bonds is 5. The Kier molecular flexibility index (Phi) is 5.32. The average molecular weight is 376 g/mol. The smallest absolute Gasteiger partial charge is 0.331 e. The number of aromatic nitrogens is 2. The molecule has 0 saturated carbocycles. The van der Waals surface area contributed by atoms with Gasteiger partial charge in [-0.1, -0.05) is 26.0 Å². The summed E-state index contributed by atoms with van der Waals surface area (Å²) in [6, 6.07) is 5.20. The van der Waals surface area contributed by atoms with Crippen LogP contribution in [0, 0.1) is 5.92 Å². The van der Waals surface area contributed by atoms with Gasteiger partial charge in [-0.25, -0.2) is 4.79 Å². The second-order valence-corrected chi connectivity index (χ2v) is 6.92. The Balaban J connectivity index is 2.09. The van der Waals surface area contributed by atoms with Gasteiger partial charge in [-0.15, -0.1) is 11.6 Å². The molecule has 6 nitrogen and oxygen atoms in total. The number of hydrogen-bond acceptors (Lipinski definition) is 4. The third-order valence-electron chi connectivity index (χ3n) is 4.38. The van der Waals surface area contributed by atoms with Gasteiger partial charge in [0.1, 0.15) is 0 Å². The lowest BCUT2D eigenvalue weighted by Crippen LogP contribution is -2.27. The van der Waals surface area contributed by atoms with E-state index in [1.807, 2.05) is 38.2 Å². The van der Waals surface area contributed by atoms with Crippen LogP contribution in [0.5, 0.6) is 0 Å². The summed E-state index contributed by atoms with van der Waals surface area (Å²) in [7, 11) is 0. The van der Waals surface area contributed by atoms with E-state index in [-0.39, 0.29) is 24.2 Å². The molecular formula is C19H22ClN3O3. The van der Waals surface area contributed by atoms with E-state index in [9.17, 15) is 9.59 Å². The number of nitrogens with zero attached hydrogens (tertiary/aromatic N) is 2. The van der Waals surface area contributed by atoms with Crippen molar-refractivity contribution < 1.29 is 14.3 Å². The van der Waals surface area contributed by atoms with Gasteiger partial charge in [0, 0.05) is 28.9 Å². The number of esters is 1. The van der Waals surface area contributed by atoms with Crippen LogP contribution in [0.25, 0.3) is 11.1 Å². The molecule has 0 fully saturated rings. The van der Waals surface area contributed by atoms with Gasteiger partial charge in [0.2, 0.25) is 5.91 Å². The molecule has 1 aliphatic heterocycles. The molecule has 1 unspecified atom stereocenters. The van der Waals surface area contributed by atoms with Gasteiger partial charge in [-0.05, 0) is 24.5 Å². The quantitative estimate of drug-likeness (QED) is 0.640. The first-order chi connectivity index (χ1) is 12.4. The summed E-state index contributed by atoms with van der Waals surface area (Å²) in [6.45, 7) is 5.99. The van der Waals surface area contributed by atoms with Crippen LogP contribution < -0.4 is 5.32 Å². The summed E-state index contributed by atoms with van der Waals surface area (Å²) in [4.78, 5) is 24.7. The number of amides is 1. The standard InChI is InChI=1S/C19H22ClN3O3/c1-4-26-19(25)18(11(2)3)23-10-14-13-6-5-12(9-20)7-15(13)21-17(24)8-16(14)22-23/h5-7,10-11,18H,4,8-9H2,1-3H3,(H,21,24). The number of carbonyl (C=O) groups is 2. The Morgan fingerprint density at radius 3 is 2.81 bits per heavy atom. The maximum atomic E-state index is 12.4. The van der Waals surface area contributed by atoms with Crippen molar-refractivity contribution >= 4 is 29.2 Å². The highest BCUT2D eigenvalue weighted by Gasteiger charge is 2.30. The van der Waals surface area contributed by atoms with E-state index in [4.69, 9.17) is 16.3 Å². The Labute approximate surface area is 157 Å². The summed E-state index contributed by atoms with van der Waals surface area (Å²) in [5.74, 6) is -0.0841. The second-order valence-electron chi connectivity index (χ2n) is 6.65. The average Bonchev–Trinajstić information content (AvgIpc) is 2.91. The zero-order valence-corrected chi connectivity index (χ0v) is 15.8. The van der Waals surface area contributed by atoms with Crippen LogP contribution in [0.15, 0.2) is 24.4 Å². The number of alkyl halides is 1. The van der Waals surface area contributed by atoms with Gasteiger partial charge in [0.15, 0.2) is 6.04 Å². The molecule has 0 saturated heterocycles. The third kappa shape index (κ3) is 3.46. The van der Waals surface area contributed by atoms with Crippen molar-refractivity contribution in [3.8, 4) is 11.1 Å². The molecule has 138 valence electrons. The van der Waals surface area contributed by atoms with Crippen LogP contribution in [-0.2, 0) is 26.6 Å².